The molecule has 0 aliphatic heterocycles. The Balaban J connectivity index is 4.15. The molecular formula is C9H17NO. The highest BCUT2D eigenvalue weighted by Gasteiger charge is 2.14. The number of ketones is 1. The van der Waals surface area contributed by atoms with Gasteiger partial charge in [-0.1, -0.05) is 13.8 Å². The Hall–Kier alpha value is -0.660. The van der Waals surface area contributed by atoms with Gasteiger partial charge in [0.15, 0.2) is 5.78 Å². The first-order valence-electron chi connectivity index (χ1n) is 4.00. The Morgan fingerprint density at radius 1 is 1.18 bits per heavy atom. The molecule has 0 aliphatic rings. The minimum absolute atomic E-state index is 0.0908. The first-order chi connectivity index (χ1) is 4.95. The highest BCUT2D eigenvalue weighted by atomic mass is 16.1. The molecule has 0 heterocycles. The molecule has 0 N–H and O–H groups in total. The lowest BCUT2D eigenvalue weighted by Crippen LogP contribution is -2.21. The van der Waals surface area contributed by atoms with E-state index in [-0.39, 0.29) is 17.7 Å². The fourth-order valence-electron chi connectivity index (χ4n) is 0.933. The van der Waals surface area contributed by atoms with Crippen molar-refractivity contribution < 1.29 is 4.79 Å². The van der Waals surface area contributed by atoms with Crippen molar-refractivity contribution in [2.45, 2.75) is 40.7 Å². The van der Waals surface area contributed by atoms with Crippen molar-refractivity contribution >= 4 is 11.5 Å². The molecule has 0 bridgehead atoms. The Morgan fingerprint density at radius 3 is 1.91 bits per heavy atom. The number of carbonyl (C=O) groups excluding carboxylic acids is 1. The van der Waals surface area contributed by atoms with E-state index in [1.807, 2.05) is 34.6 Å². The largest absolute Gasteiger partial charge is 0.297 e. The first kappa shape index (κ1) is 10.3. The van der Waals surface area contributed by atoms with Gasteiger partial charge >= 0.3 is 0 Å². The number of rotatable bonds is 3. The number of hydrogen-bond acceptors (Lipinski definition) is 2. The summed E-state index contributed by atoms with van der Waals surface area (Å²) >= 11 is 0. The van der Waals surface area contributed by atoms with Gasteiger partial charge in [-0.3, -0.25) is 9.79 Å². The average molecular weight is 155 g/mol. The minimum atomic E-state index is -0.167. The monoisotopic (exact) mass is 155 g/mol. The quantitative estimate of drug-likeness (QED) is 0.574. The van der Waals surface area contributed by atoms with Crippen LogP contribution in [0, 0.1) is 5.92 Å². The molecule has 11 heavy (non-hydrogen) atoms. The van der Waals surface area contributed by atoms with Gasteiger partial charge in [0, 0.05) is 11.6 Å². The Kier molecular flexibility index (Phi) is 4.01. The molecule has 2 nitrogen and oxygen atoms in total. The van der Waals surface area contributed by atoms with E-state index in [2.05, 4.69) is 4.99 Å². The zero-order chi connectivity index (χ0) is 9.02. The topological polar surface area (TPSA) is 29.4 Å². The average Bonchev–Trinajstić information content (AvgIpc) is 1.84. The van der Waals surface area contributed by atoms with Crippen molar-refractivity contribution in [3.8, 4) is 0 Å². The Bertz CT molecular complexity index is 166. The van der Waals surface area contributed by atoms with Crippen LogP contribution in [0.25, 0.3) is 0 Å². The van der Waals surface area contributed by atoms with Crippen molar-refractivity contribution in [2.24, 2.45) is 10.9 Å². The van der Waals surface area contributed by atoms with Crippen LogP contribution in [0.5, 0.6) is 0 Å². The van der Waals surface area contributed by atoms with E-state index in [0.29, 0.717) is 0 Å². The number of hydrogen-bond donors (Lipinski definition) is 0. The summed E-state index contributed by atoms with van der Waals surface area (Å²) in [6, 6.07) is -0.167. The summed E-state index contributed by atoms with van der Waals surface area (Å²) in [5, 5.41) is 0. The van der Waals surface area contributed by atoms with Gasteiger partial charge in [-0.15, -0.1) is 0 Å². The third-order valence-electron chi connectivity index (χ3n) is 1.43. The normalized spacial score (nSPS) is 12.9. The minimum Gasteiger partial charge on any atom is -0.297 e. The molecular weight excluding hydrogens is 138 g/mol. The van der Waals surface area contributed by atoms with E-state index < -0.39 is 0 Å². The summed E-state index contributed by atoms with van der Waals surface area (Å²) in [6.45, 7) is 9.46. The fraction of sp³-hybridized carbons (Fsp3) is 0.778. The van der Waals surface area contributed by atoms with Crippen LogP contribution in [-0.4, -0.2) is 17.5 Å². The molecule has 0 spiro atoms. The van der Waals surface area contributed by atoms with Gasteiger partial charge in [-0.25, -0.2) is 0 Å². The predicted molar refractivity (Wildman–Crippen MR) is 48.1 cm³/mol. The van der Waals surface area contributed by atoms with E-state index in [1.165, 1.54) is 0 Å². The number of aliphatic imine (C=N–C) groups is 1. The molecule has 0 saturated carbocycles. The SMILES string of the molecule is CC(C)=NC(C)C(=O)C(C)C. The second-order valence-corrected chi connectivity index (χ2v) is 3.31. The van der Waals surface area contributed by atoms with Crippen LogP contribution in [0.1, 0.15) is 34.6 Å². The van der Waals surface area contributed by atoms with Gasteiger partial charge in [0.2, 0.25) is 0 Å². The van der Waals surface area contributed by atoms with Crippen LogP contribution >= 0.6 is 0 Å². The lowest BCUT2D eigenvalue weighted by molar-refractivity contribution is -0.122. The third kappa shape index (κ3) is 3.91. The zero-order valence-corrected chi connectivity index (χ0v) is 8.01. The molecule has 0 fully saturated rings. The van der Waals surface area contributed by atoms with Crippen molar-refractivity contribution in [3.63, 3.8) is 0 Å². The van der Waals surface area contributed by atoms with Gasteiger partial charge in [0.05, 0.1) is 0 Å². The van der Waals surface area contributed by atoms with E-state index in [9.17, 15) is 4.79 Å². The van der Waals surface area contributed by atoms with Crippen LogP contribution < -0.4 is 0 Å². The Morgan fingerprint density at radius 2 is 1.64 bits per heavy atom. The maximum absolute atomic E-state index is 11.3. The second-order valence-electron chi connectivity index (χ2n) is 3.31. The van der Waals surface area contributed by atoms with Gasteiger partial charge in [-0.2, -0.15) is 0 Å². The summed E-state index contributed by atoms with van der Waals surface area (Å²) in [6.07, 6.45) is 0. The molecule has 1 unspecified atom stereocenters. The van der Waals surface area contributed by atoms with E-state index in [4.69, 9.17) is 0 Å². The zero-order valence-electron chi connectivity index (χ0n) is 8.01. The van der Waals surface area contributed by atoms with Crippen LogP contribution in [-0.2, 0) is 4.79 Å². The molecule has 0 rings (SSSR count). The van der Waals surface area contributed by atoms with E-state index in [0.717, 1.165) is 5.71 Å². The number of Topliss-reactive ketones (excluding diaryl/α,β-unsaturated/α-hetero) is 1. The summed E-state index contributed by atoms with van der Waals surface area (Å²) in [5.41, 5.74) is 0.964. The number of nitrogens with zero attached hydrogens (tertiary/aromatic N) is 1. The van der Waals surface area contributed by atoms with Gasteiger partial charge in [0.25, 0.3) is 0 Å². The summed E-state index contributed by atoms with van der Waals surface area (Å²) in [4.78, 5) is 15.4. The summed E-state index contributed by atoms with van der Waals surface area (Å²) in [7, 11) is 0. The Labute approximate surface area is 68.7 Å². The highest BCUT2D eigenvalue weighted by molar-refractivity contribution is 5.89. The lowest BCUT2D eigenvalue weighted by Gasteiger charge is -2.08. The maximum Gasteiger partial charge on any atom is 0.159 e. The molecule has 0 amide bonds. The number of carbonyl (C=O) groups is 1. The molecule has 1 atom stereocenters. The fourth-order valence-corrected chi connectivity index (χ4v) is 0.933. The predicted octanol–water partition coefficient (Wildman–Crippen LogP) is 2.08. The third-order valence-corrected chi connectivity index (χ3v) is 1.43. The molecule has 0 saturated heterocycles. The smallest absolute Gasteiger partial charge is 0.159 e. The van der Waals surface area contributed by atoms with Gasteiger partial charge in [-0.05, 0) is 20.8 Å². The van der Waals surface area contributed by atoms with Crippen LogP contribution in [0.15, 0.2) is 4.99 Å². The molecule has 0 aromatic carbocycles. The van der Waals surface area contributed by atoms with Crippen molar-refractivity contribution in [1.82, 2.24) is 0 Å². The lowest BCUT2D eigenvalue weighted by atomic mass is 10.0. The van der Waals surface area contributed by atoms with Crippen molar-refractivity contribution in [1.29, 1.82) is 0 Å². The molecule has 0 aromatic rings. The highest BCUT2D eigenvalue weighted by Crippen LogP contribution is 2.02. The van der Waals surface area contributed by atoms with Crippen LogP contribution in [0.3, 0.4) is 0 Å². The summed E-state index contributed by atoms with van der Waals surface area (Å²) < 4.78 is 0. The molecule has 64 valence electrons. The van der Waals surface area contributed by atoms with Crippen LogP contribution in [0.4, 0.5) is 0 Å². The maximum atomic E-state index is 11.3. The molecule has 2 heteroatoms. The van der Waals surface area contributed by atoms with Gasteiger partial charge in [0.1, 0.15) is 6.04 Å². The van der Waals surface area contributed by atoms with Crippen LogP contribution in [0.2, 0.25) is 0 Å². The standard InChI is InChI=1S/C9H17NO/c1-6(2)9(11)8(5)10-7(3)4/h6,8H,1-5H3. The summed E-state index contributed by atoms with van der Waals surface area (Å²) in [5.74, 6) is 0.305. The van der Waals surface area contributed by atoms with E-state index in [1.54, 1.807) is 0 Å². The van der Waals surface area contributed by atoms with Gasteiger partial charge < -0.3 is 0 Å². The van der Waals surface area contributed by atoms with Crippen molar-refractivity contribution in [3.05, 3.63) is 0 Å². The second kappa shape index (κ2) is 4.27. The van der Waals surface area contributed by atoms with E-state index >= 15 is 0 Å². The molecule has 0 aliphatic carbocycles. The molecule has 0 radical (unpaired) electrons. The first-order valence-corrected chi connectivity index (χ1v) is 4.00. The van der Waals surface area contributed by atoms with Crippen molar-refractivity contribution in [2.75, 3.05) is 0 Å². The molecule has 0 aromatic heterocycles.